The summed E-state index contributed by atoms with van der Waals surface area (Å²) in [7, 11) is 4.38. The molecule has 0 bridgehead atoms. The monoisotopic (exact) mass is 274 g/mol. The number of hydrogen-bond donors (Lipinski definition) is 1. The van der Waals surface area contributed by atoms with Gasteiger partial charge >= 0.3 is 0 Å². The highest BCUT2D eigenvalue weighted by Gasteiger charge is 2.21. The highest BCUT2D eigenvalue weighted by atomic mass is 15.1. The first kappa shape index (κ1) is 15.5. The van der Waals surface area contributed by atoms with Crippen LogP contribution in [0.5, 0.6) is 0 Å². The highest BCUT2D eigenvalue weighted by Crippen LogP contribution is 2.28. The van der Waals surface area contributed by atoms with Gasteiger partial charge in [0.1, 0.15) is 0 Å². The summed E-state index contributed by atoms with van der Waals surface area (Å²) in [6, 6.07) is 10.1. The molecule has 0 heterocycles. The maximum atomic E-state index is 3.84. The molecule has 1 aliphatic carbocycles. The van der Waals surface area contributed by atoms with Gasteiger partial charge in [-0.3, -0.25) is 0 Å². The van der Waals surface area contributed by atoms with E-state index in [0.29, 0.717) is 18.0 Å². The van der Waals surface area contributed by atoms with Gasteiger partial charge in [0.25, 0.3) is 0 Å². The molecule has 1 aromatic carbocycles. The van der Waals surface area contributed by atoms with Crippen LogP contribution in [0.2, 0.25) is 0 Å². The standard InChI is InChI=1S/C18H30N2/c1-14(2)18(20(3)4)13-19-17-12-8-6-10-15-9-5-7-11-16(15)17/h5,7,9,11,14,17-19H,6,8,10,12-13H2,1-4H3. The van der Waals surface area contributed by atoms with E-state index in [-0.39, 0.29) is 0 Å². The van der Waals surface area contributed by atoms with Crippen LogP contribution in [0.3, 0.4) is 0 Å². The Morgan fingerprint density at radius 3 is 2.65 bits per heavy atom. The second kappa shape index (κ2) is 7.24. The molecule has 112 valence electrons. The summed E-state index contributed by atoms with van der Waals surface area (Å²) < 4.78 is 0. The second-order valence-corrected chi connectivity index (χ2v) is 6.68. The Bertz CT molecular complexity index is 404. The van der Waals surface area contributed by atoms with Crippen molar-refractivity contribution in [1.29, 1.82) is 0 Å². The van der Waals surface area contributed by atoms with Gasteiger partial charge in [0.2, 0.25) is 0 Å². The van der Waals surface area contributed by atoms with Crippen molar-refractivity contribution in [2.24, 2.45) is 5.92 Å². The maximum absolute atomic E-state index is 3.84. The van der Waals surface area contributed by atoms with Gasteiger partial charge in [-0.1, -0.05) is 44.5 Å². The van der Waals surface area contributed by atoms with Crippen LogP contribution in [0.15, 0.2) is 24.3 Å². The summed E-state index contributed by atoms with van der Waals surface area (Å²) in [5, 5.41) is 3.84. The van der Waals surface area contributed by atoms with Crippen molar-refractivity contribution in [3.8, 4) is 0 Å². The van der Waals surface area contributed by atoms with E-state index in [1.165, 1.54) is 31.2 Å². The summed E-state index contributed by atoms with van der Waals surface area (Å²) in [4.78, 5) is 2.35. The van der Waals surface area contributed by atoms with E-state index in [9.17, 15) is 0 Å². The molecule has 2 nitrogen and oxygen atoms in total. The first-order valence-corrected chi connectivity index (χ1v) is 8.07. The summed E-state index contributed by atoms with van der Waals surface area (Å²) in [5.41, 5.74) is 3.08. The third-order valence-electron chi connectivity index (χ3n) is 4.63. The Balaban J connectivity index is 2.05. The first-order valence-electron chi connectivity index (χ1n) is 8.07. The maximum Gasteiger partial charge on any atom is 0.0323 e. The van der Waals surface area contributed by atoms with Gasteiger partial charge in [-0.25, -0.2) is 0 Å². The molecule has 2 atom stereocenters. The molecule has 0 aliphatic heterocycles. The fourth-order valence-corrected chi connectivity index (χ4v) is 3.41. The lowest BCUT2D eigenvalue weighted by Gasteiger charge is -2.30. The zero-order valence-electron chi connectivity index (χ0n) is 13.5. The van der Waals surface area contributed by atoms with Gasteiger partial charge in [-0.05, 0) is 50.4 Å². The van der Waals surface area contributed by atoms with Crippen molar-refractivity contribution < 1.29 is 0 Å². The number of nitrogens with zero attached hydrogens (tertiary/aromatic N) is 1. The fourth-order valence-electron chi connectivity index (χ4n) is 3.41. The number of fused-ring (bicyclic) bond motifs is 1. The molecule has 2 rings (SSSR count). The van der Waals surface area contributed by atoms with E-state index < -0.39 is 0 Å². The van der Waals surface area contributed by atoms with Gasteiger partial charge < -0.3 is 10.2 Å². The Labute approximate surface area is 124 Å². The van der Waals surface area contributed by atoms with E-state index >= 15 is 0 Å². The van der Waals surface area contributed by atoms with Crippen LogP contribution < -0.4 is 5.32 Å². The lowest BCUT2D eigenvalue weighted by Crippen LogP contribution is -2.42. The molecule has 1 N–H and O–H groups in total. The quantitative estimate of drug-likeness (QED) is 0.825. The predicted molar refractivity (Wildman–Crippen MR) is 87.1 cm³/mol. The molecule has 0 aromatic heterocycles. The minimum absolute atomic E-state index is 0.537. The third kappa shape index (κ3) is 3.83. The lowest BCUT2D eigenvalue weighted by atomic mass is 9.97. The Kier molecular flexibility index (Phi) is 5.62. The third-order valence-corrected chi connectivity index (χ3v) is 4.63. The molecule has 0 saturated carbocycles. The van der Waals surface area contributed by atoms with Gasteiger partial charge in [0.15, 0.2) is 0 Å². The molecule has 2 unspecified atom stereocenters. The number of nitrogens with one attached hydrogen (secondary N) is 1. The lowest BCUT2D eigenvalue weighted by molar-refractivity contribution is 0.217. The largest absolute Gasteiger partial charge is 0.308 e. The van der Waals surface area contributed by atoms with Gasteiger partial charge in [0.05, 0.1) is 0 Å². The molecule has 1 aliphatic rings. The van der Waals surface area contributed by atoms with Crippen molar-refractivity contribution in [2.45, 2.75) is 51.6 Å². The van der Waals surface area contributed by atoms with E-state index in [0.717, 1.165) is 6.54 Å². The molecule has 20 heavy (non-hydrogen) atoms. The highest BCUT2D eigenvalue weighted by molar-refractivity contribution is 5.31. The summed E-state index contributed by atoms with van der Waals surface area (Å²) in [5.74, 6) is 0.679. The van der Waals surface area contributed by atoms with Crippen LogP contribution in [0.1, 0.15) is 50.3 Å². The zero-order chi connectivity index (χ0) is 14.5. The summed E-state index contributed by atoms with van der Waals surface area (Å²) >= 11 is 0. The minimum Gasteiger partial charge on any atom is -0.308 e. The number of hydrogen-bond acceptors (Lipinski definition) is 2. The summed E-state index contributed by atoms with van der Waals surface area (Å²) in [6.07, 6.45) is 5.18. The molecular weight excluding hydrogens is 244 g/mol. The second-order valence-electron chi connectivity index (χ2n) is 6.68. The van der Waals surface area contributed by atoms with Crippen LogP contribution in [0, 0.1) is 5.92 Å². The van der Waals surface area contributed by atoms with Crippen molar-refractivity contribution in [2.75, 3.05) is 20.6 Å². The van der Waals surface area contributed by atoms with Crippen molar-refractivity contribution in [1.82, 2.24) is 10.2 Å². The molecule has 0 fully saturated rings. The van der Waals surface area contributed by atoms with Crippen molar-refractivity contribution in [3.63, 3.8) is 0 Å². The van der Waals surface area contributed by atoms with E-state index in [1.807, 2.05) is 0 Å². The Hall–Kier alpha value is -0.860. The van der Waals surface area contributed by atoms with E-state index in [4.69, 9.17) is 0 Å². The van der Waals surface area contributed by atoms with Crippen LogP contribution in [0.25, 0.3) is 0 Å². The average molecular weight is 274 g/mol. The smallest absolute Gasteiger partial charge is 0.0323 e. The van der Waals surface area contributed by atoms with E-state index in [2.05, 4.69) is 62.4 Å². The topological polar surface area (TPSA) is 15.3 Å². The molecule has 0 amide bonds. The molecular formula is C18H30N2. The van der Waals surface area contributed by atoms with Gasteiger partial charge in [0, 0.05) is 18.6 Å². The number of rotatable bonds is 5. The first-order chi connectivity index (χ1) is 9.59. The number of aryl methyl sites for hydroxylation is 1. The number of benzene rings is 1. The van der Waals surface area contributed by atoms with Crippen LogP contribution >= 0.6 is 0 Å². The van der Waals surface area contributed by atoms with E-state index in [1.54, 1.807) is 5.56 Å². The average Bonchev–Trinajstić information content (AvgIpc) is 2.61. The predicted octanol–water partition coefficient (Wildman–Crippen LogP) is 3.63. The van der Waals surface area contributed by atoms with Crippen molar-refractivity contribution in [3.05, 3.63) is 35.4 Å². The normalized spacial score (nSPS) is 20.8. The molecule has 2 heteroatoms. The van der Waals surface area contributed by atoms with Gasteiger partial charge in [-0.2, -0.15) is 0 Å². The molecule has 0 radical (unpaired) electrons. The zero-order valence-corrected chi connectivity index (χ0v) is 13.5. The fraction of sp³-hybridized carbons (Fsp3) is 0.667. The van der Waals surface area contributed by atoms with Crippen LogP contribution in [-0.4, -0.2) is 31.6 Å². The molecule has 1 aromatic rings. The molecule has 0 saturated heterocycles. The summed E-state index contributed by atoms with van der Waals surface area (Å²) in [6.45, 7) is 5.70. The van der Waals surface area contributed by atoms with Crippen LogP contribution in [0.4, 0.5) is 0 Å². The van der Waals surface area contributed by atoms with Crippen molar-refractivity contribution >= 4 is 0 Å². The SMILES string of the molecule is CC(C)C(CNC1CCCCc2ccccc21)N(C)C. The number of likely N-dealkylation sites (N-methyl/N-ethyl adjacent to an activating group) is 1. The Morgan fingerprint density at radius 2 is 1.95 bits per heavy atom. The minimum atomic E-state index is 0.537. The molecule has 0 spiro atoms. The van der Waals surface area contributed by atoms with Crippen LogP contribution in [-0.2, 0) is 6.42 Å². The van der Waals surface area contributed by atoms with Gasteiger partial charge in [-0.15, -0.1) is 0 Å². The Morgan fingerprint density at radius 1 is 1.20 bits per heavy atom.